The Morgan fingerprint density at radius 2 is 1.89 bits per heavy atom. The van der Waals surface area contributed by atoms with Gasteiger partial charge in [0.05, 0.1) is 23.5 Å². The van der Waals surface area contributed by atoms with E-state index in [2.05, 4.69) is 5.32 Å². The first-order valence-electron chi connectivity index (χ1n) is 8.88. The fraction of sp³-hybridized carbons (Fsp3) is 0.500. The van der Waals surface area contributed by atoms with Crippen molar-refractivity contribution < 1.29 is 22.8 Å². The largest absolute Gasteiger partial charge is 0.418 e. The number of anilines is 1. The number of likely N-dealkylation sites (N-methyl/N-ethyl adjacent to an activating group) is 1. The molecule has 28 heavy (non-hydrogen) atoms. The lowest BCUT2D eigenvalue weighted by Crippen LogP contribution is -2.39. The van der Waals surface area contributed by atoms with Crippen molar-refractivity contribution in [2.45, 2.75) is 25.9 Å². The molecule has 0 bridgehead atoms. The van der Waals surface area contributed by atoms with Crippen molar-refractivity contribution in [1.82, 2.24) is 9.80 Å². The van der Waals surface area contributed by atoms with Crippen LogP contribution in [0, 0.1) is 0 Å². The molecule has 1 fully saturated rings. The molecule has 0 saturated carbocycles. The second-order valence-corrected chi connectivity index (χ2v) is 7.86. The summed E-state index contributed by atoms with van der Waals surface area (Å²) in [7, 11) is 0. The minimum atomic E-state index is -4.58. The zero-order valence-corrected chi connectivity index (χ0v) is 17.1. The fourth-order valence-electron chi connectivity index (χ4n) is 2.78. The number of nitrogens with zero attached hydrogens (tertiary/aromatic N) is 2. The summed E-state index contributed by atoms with van der Waals surface area (Å²) >= 11 is 6.56. The van der Waals surface area contributed by atoms with Crippen molar-refractivity contribution in [3.05, 3.63) is 29.8 Å². The molecule has 0 aromatic heterocycles. The van der Waals surface area contributed by atoms with E-state index < -0.39 is 17.6 Å². The topological polar surface area (TPSA) is 52.7 Å². The van der Waals surface area contributed by atoms with E-state index in [1.54, 1.807) is 6.92 Å². The molecule has 1 aliphatic rings. The van der Waals surface area contributed by atoms with Crippen LogP contribution in [0.5, 0.6) is 0 Å². The third-order valence-corrected chi connectivity index (χ3v) is 5.77. The number of likely N-dealkylation sites (tertiary alicyclic amines) is 1. The third kappa shape index (κ3) is 6.37. The Morgan fingerprint density at radius 1 is 1.25 bits per heavy atom. The number of amides is 2. The van der Waals surface area contributed by atoms with E-state index in [0.717, 1.165) is 32.0 Å². The molecular weight excluding hydrogens is 411 g/mol. The molecule has 0 radical (unpaired) electrons. The maximum absolute atomic E-state index is 13.0. The molecule has 0 atom stereocenters. The van der Waals surface area contributed by atoms with Gasteiger partial charge in [-0.1, -0.05) is 36.1 Å². The first-order valence-corrected chi connectivity index (χ1v) is 10.3. The summed E-state index contributed by atoms with van der Waals surface area (Å²) in [4.78, 5) is 27.9. The quantitative estimate of drug-likeness (QED) is 0.695. The van der Waals surface area contributed by atoms with Gasteiger partial charge < -0.3 is 15.1 Å². The summed E-state index contributed by atoms with van der Waals surface area (Å²) in [6, 6.07) is 4.74. The number of carbonyl (C=O) groups is 2. The van der Waals surface area contributed by atoms with Crippen LogP contribution in [-0.4, -0.2) is 57.9 Å². The predicted molar refractivity (Wildman–Crippen MR) is 108 cm³/mol. The smallest absolute Gasteiger partial charge is 0.358 e. The number of hydrogen-bond acceptors (Lipinski definition) is 4. The lowest BCUT2D eigenvalue weighted by molar-refractivity contribution is -0.137. The summed E-state index contributed by atoms with van der Waals surface area (Å²) in [6.07, 6.45) is -2.42. The molecule has 5 nitrogen and oxygen atoms in total. The standard InChI is InChI=1S/C18H22F3N3O2S2/c1-2-23(16(26)12-28-17(27)24-9-5-6-10-24)11-15(25)22-14-8-4-3-7-13(14)18(19,20)21/h3-4,7-8H,2,5-6,9-12H2,1H3,(H,22,25). The molecule has 10 heteroatoms. The number of para-hydroxylation sites is 1. The molecule has 2 rings (SSSR count). The Kier molecular flexibility index (Phi) is 8.11. The van der Waals surface area contributed by atoms with Crippen LogP contribution in [0.2, 0.25) is 0 Å². The normalized spacial score (nSPS) is 14.1. The monoisotopic (exact) mass is 433 g/mol. The molecule has 0 spiro atoms. The van der Waals surface area contributed by atoms with Gasteiger partial charge in [0.2, 0.25) is 11.8 Å². The average Bonchev–Trinajstić information content (AvgIpc) is 3.18. The number of hydrogen-bond donors (Lipinski definition) is 1. The van der Waals surface area contributed by atoms with Crippen molar-refractivity contribution in [1.29, 1.82) is 0 Å². The molecule has 1 aromatic rings. The molecule has 2 amide bonds. The average molecular weight is 434 g/mol. The molecule has 0 aliphatic carbocycles. The molecular formula is C18H22F3N3O2S2. The molecule has 1 aliphatic heterocycles. The molecule has 154 valence electrons. The van der Waals surface area contributed by atoms with E-state index in [9.17, 15) is 22.8 Å². The number of benzene rings is 1. The Labute approximate surface area is 171 Å². The first-order chi connectivity index (χ1) is 13.2. The van der Waals surface area contributed by atoms with Crippen molar-refractivity contribution in [3.63, 3.8) is 0 Å². The molecule has 1 saturated heterocycles. The zero-order valence-electron chi connectivity index (χ0n) is 15.4. The minimum Gasteiger partial charge on any atom is -0.358 e. The Balaban J connectivity index is 1.90. The number of alkyl halides is 3. The van der Waals surface area contributed by atoms with Gasteiger partial charge in [-0.25, -0.2) is 0 Å². The molecule has 1 aromatic carbocycles. The van der Waals surface area contributed by atoms with Gasteiger partial charge in [-0.15, -0.1) is 0 Å². The minimum absolute atomic E-state index is 0.0928. The summed E-state index contributed by atoms with van der Waals surface area (Å²) < 4.78 is 39.7. The van der Waals surface area contributed by atoms with E-state index in [-0.39, 0.29) is 30.4 Å². The Bertz CT molecular complexity index is 722. The highest BCUT2D eigenvalue weighted by Crippen LogP contribution is 2.34. The van der Waals surface area contributed by atoms with Crippen LogP contribution in [0.3, 0.4) is 0 Å². The van der Waals surface area contributed by atoms with Gasteiger partial charge in [0.15, 0.2) is 0 Å². The predicted octanol–water partition coefficient (Wildman–Crippen LogP) is 3.61. The van der Waals surface area contributed by atoms with Gasteiger partial charge >= 0.3 is 6.18 Å². The summed E-state index contributed by atoms with van der Waals surface area (Å²) in [5.41, 5.74) is -1.25. The maximum atomic E-state index is 13.0. The number of thiocarbonyl (C=S) groups is 1. The second-order valence-electron chi connectivity index (χ2n) is 6.25. The maximum Gasteiger partial charge on any atom is 0.418 e. The van der Waals surface area contributed by atoms with E-state index in [0.29, 0.717) is 4.32 Å². The van der Waals surface area contributed by atoms with Crippen molar-refractivity contribution >= 4 is 45.8 Å². The SMILES string of the molecule is CCN(CC(=O)Nc1ccccc1C(F)(F)F)C(=O)CSC(=S)N1CCCC1. The van der Waals surface area contributed by atoms with Crippen LogP contribution in [0.1, 0.15) is 25.3 Å². The highest BCUT2D eigenvalue weighted by atomic mass is 32.2. The van der Waals surface area contributed by atoms with Crippen LogP contribution >= 0.6 is 24.0 Å². The van der Waals surface area contributed by atoms with Gasteiger partial charge in [-0.3, -0.25) is 9.59 Å². The van der Waals surface area contributed by atoms with Gasteiger partial charge in [-0.2, -0.15) is 13.2 Å². The van der Waals surface area contributed by atoms with E-state index in [1.807, 2.05) is 4.90 Å². The fourth-order valence-corrected chi connectivity index (χ4v) is 3.94. The van der Waals surface area contributed by atoms with Crippen molar-refractivity contribution in [2.24, 2.45) is 0 Å². The van der Waals surface area contributed by atoms with Crippen molar-refractivity contribution in [3.8, 4) is 0 Å². The lowest BCUT2D eigenvalue weighted by atomic mass is 10.1. The van der Waals surface area contributed by atoms with E-state index in [4.69, 9.17) is 12.2 Å². The lowest BCUT2D eigenvalue weighted by Gasteiger charge is -2.22. The van der Waals surface area contributed by atoms with Gasteiger partial charge in [-0.05, 0) is 31.9 Å². The Morgan fingerprint density at radius 3 is 2.50 bits per heavy atom. The summed E-state index contributed by atoms with van der Waals surface area (Å²) in [5, 5.41) is 2.25. The number of carbonyl (C=O) groups excluding carboxylic acids is 2. The number of halogens is 3. The van der Waals surface area contributed by atoms with Crippen LogP contribution in [-0.2, 0) is 15.8 Å². The van der Waals surface area contributed by atoms with Gasteiger partial charge in [0.1, 0.15) is 4.32 Å². The number of thioether (sulfide) groups is 1. The van der Waals surface area contributed by atoms with Gasteiger partial charge in [0.25, 0.3) is 0 Å². The van der Waals surface area contributed by atoms with Crippen LogP contribution in [0.4, 0.5) is 18.9 Å². The van der Waals surface area contributed by atoms with E-state index >= 15 is 0 Å². The second kappa shape index (κ2) is 10.1. The number of nitrogens with one attached hydrogen (secondary N) is 1. The van der Waals surface area contributed by atoms with Crippen LogP contribution in [0.25, 0.3) is 0 Å². The molecule has 1 N–H and O–H groups in total. The highest BCUT2D eigenvalue weighted by molar-refractivity contribution is 8.23. The van der Waals surface area contributed by atoms with Gasteiger partial charge in [0, 0.05) is 19.6 Å². The summed E-state index contributed by atoms with van der Waals surface area (Å²) in [6.45, 7) is 3.43. The Hall–Kier alpha value is -1.81. The van der Waals surface area contributed by atoms with E-state index in [1.165, 1.54) is 34.9 Å². The third-order valence-electron chi connectivity index (χ3n) is 4.26. The number of rotatable bonds is 6. The van der Waals surface area contributed by atoms with Crippen LogP contribution in [0.15, 0.2) is 24.3 Å². The molecule has 0 unspecified atom stereocenters. The van der Waals surface area contributed by atoms with Crippen molar-refractivity contribution in [2.75, 3.05) is 37.2 Å². The first kappa shape index (κ1) is 22.5. The summed E-state index contributed by atoms with van der Waals surface area (Å²) in [5.74, 6) is -0.873. The molecule has 1 heterocycles. The highest BCUT2D eigenvalue weighted by Gasteiger charge is 2.33. The zero-order chi connectivity index (χ0) is 20.7. The van der Waals surface area contributed by atoms with Crippen LogP contribution < -0.4 is 5.32 Å².